The summed E-state index contributed by atoms with van der Waals surface area (Å²) in [7, 11) is 0. The largest absolute Gasteiger partial charge is 0.366 e. The van der Waals surface area contributed by atoms with E-state index >= 15 is 0 Å². The first-order chi connectivity index (χ1) is 8.24. The Balaban J connectivity index is 1.70. The van der Waals surface area contributed by atoms with Crippen molar-refractivity contribution in [1.82, 2.24) is 25.0 Å². The van der Waals surface area contributed by atoms with E-state index in [1.54, 1.807) is 0 Å². The Morgan fingerprint density at radius 3 is 3.06 bits per heavy atom. The number of piperazine rings is 1. The minimum absolute atomic E-state index is 0.0965. The number of H-pyrrole nitrogens is 1. The number of aromatic nitrogens is 3. The summed E-state index contributed by atoms with van der Waals surface area (Å²) in [6.45, 7) is 3.68. The highest BCUT2D eigenvalue weighted by molar-refractivity contribution is 5.90. The van der Waals surface area contributed by atoms with Crippen LogP contribution in [0, 0.1) is 0 Å². The maximum atomic E-state index is 12.1. The van der Waals surface area contributed by atoms with Gasteiger partial charge in [0.2, 0.25) is 11.8 Å². The van der Waals surface area contributed by atoms with Crippen LogP contribution in [-0.2, 0) is 0 Å². The summed E-state index contributed by atoms with van der Waals surface area (Å²) in [5, 5.41) is 6.25. The molecule has 2 aliphatic rings. The first-order valence-electron chi connectivity index (χ1n) is 5.95. The lowest BCUT2D eigenvalue weighted by Crippen LogP contribution is -2.52. The molecule has 1 unspecified atom stereocenters. The molecular weight excluding hydrogens is 220 g/mol. The Morgan fingerprint density at radius 1 is 1.41 bits per heavy atom. The van der Waals surface area contributed by atoms with Crippen LogP contribution in [0.4, 0.5) is 5.95 Å². The summed E-state index contributed by atoms with van der Waals surface area (Å²) in [4.78, 5) is 20.3. The third-order valence-electron chi connectivity index (χ3n) is 3.58. The second-order valence-corrected chi connectivity index (χ2v) is 4.63. The number of rotatable bonds is 1. The molecule has 0 spiro atoms. The predicted octanol–water partition coefficient (Wildman–Crippen LogP) is -0.693. The molecular formula is C10H16N6O. The third kappa shape index (κ3) is 1.86. The van der Waals surface area contributed by atoms with Gasteiger partial charge < -0.3 is 10.6 Å². The molecule has 3 N–H and O–H groups in total. The first-order valence-corrected chi connectivity index (χ1v) is 5.95. The zero-order valence-corrected chi connectivity index (χ0v) is 9.59. The van der Waals surface area contributed by atoms with Crippen LogP contribution in [0.25, 0.3) is 0 Å². The van der Waals surface area contributed by atoms with E-state index in [4.69, 9.17) is 5.73 Å². The molecule has 1 atom stereocenters. The van der Waals surface area contributed by atoms with Gasteiger partial charge in [0.15, 0.2) is 0 Å². The van der Waals surface area contributed by atoms with E-state index in [2.05, 4.69) is 20.1 Å². The quantitative estimate of drug-likeness (QED) is 0.673. The Kier molecular flexibility index (Phi) is 2.47. The van der Waals surface area contributed by atoms with Gasteiger partial charge in [0, 0.05) is 25.7 Å². The SMILES string of the molecule is Nc1n[nH]c(C(=O)N2CCN3CCCC3C2)n1. The van der Waals surface area contributed by atoms with Crippen molar-refractivity contribution in [2.45, 2.75) is 18.9 Å². The lowest BCUT2D eigenvalue weighted by Gasteiger charge is -2.36. The average Bonchev–Trinajstić information content (AvgIpc) is 2.95. The van der Waals surface area contributed by atoms with Crippen LogP contribution in [0.15, 0.2) is 0 Å². The topological polar surface area (TPSA) is 91.1 Å². The Bertz CT molecular complexity index is 430. The van der Waals surface area contributed by atoms with E-state index in [1.807, 2.05) is 4.90 Å². The second-order valence-electron chi connectivity index (χ2n) is 4.63. The molecule has 1 amide bonds. The fourth-order valence-corrected chi connectivity index (χ4v) is 2.70. The third-order valence-corrected chi connectivity index (χ3v) is 3.58. The van der Waals surface area contributed by atoms with Crippen LogP contribution in [0.5, 0.6) is 0 Å². The molecule has 2 aliphatic heterocycles. The van der Waals surface area contributed by atoms with E-state index in [9.17, 15) is 4.79 Å². The van der Waals surface area contributed by atoms with Gasteiger partial charge in [0.1, 0.15) is 0 Å². The second kappa shape index (κ2) is 3.99. The lowest BCUT2D eigenvalue weighted by atomic mass is 10.1. The highest BCUT2D eigenvalue weighted by atomic mass is 16.2. The van der Waals surface area contributed by atoms with Crippen molar-refractivity contribution < 1.29 is 4.79 Å². The standard InChI is InChI=1S/C10H16N6O/c11-10-12-8(13-14-10)9(17)16-5-4-15-3-1-2-7(15)6-16/h7H,1-6H2,(H3,11,12,13,14). The van der Waals surface area contributed by atoms with Crippen molar-refractivity contribution in [2.24, 2.45) is 0 Å². The van der Waals surface area contributed by atoms with Crippen LogP contribution in [0.3, 0.4) is 0 Å². The van der Waals surface area contributed by atoms with Crippen molar-refractivity contribution in [3.05, 3.63) is 5.82 Å². The number of aromatic amines is 1. The number of anilines is 1. The van der Waals surface area contributed by atoms with Crippen LogP contribution in [0.2, 0.25) is 0 Å². The van der Waals surface area contributed by atoms with Gasteiger partial charge in [-0.3, -0.25) is 14.8 Å². The zero-order valence-electron chi connectivity index (χ0n) is 9.59. The number of carbonyl (C=O) groups is 1. The summed E-state index contributed by atoms with van der Waals surface area (Å²) in [6, 6.07) is 0.521. The van der Waals surface area contributed by atoms with E-state index in [-0.39, 0.29) is 17.7 Å². The molecule has 92 valence electrons. The molecule has 0 saturated carbocycles. The summed E-state index contributed by atoms with van der Waals surface area (Å²) in [5.41, 5.74) is 5.40. The minimum Gasteiger partial charge on any atom is -0.366 e. The van der Waals surface area contributed by atoms with Crippen LogP contribution in [0.1, 0.15) is 23.5 Å². The van der Waals surface area contributed by atoms with Gasteiger partial charge in [-0.05, 0) is 19.4 Å². The molecule has 3 heterocycles. The van der Waals surface area contributed by atoms with Gasteiger partial charge in [0.25, 0.3) is 5.91 Å². The molecule has 0 aliphatic carbocycles. The van der Waals surface area contributed by atoms with Crippen LogP contribution >= 0.6 is 0 Å². The highest BCUT2D eigenvalue weighted by Crippen LogP contribution is 2.22. The molecule has 7 nitrogen and oxygen atoms in total. The molecule has 0 bridgehead atoms. The molecule has 2 saturated heterocycles. The molecule has 1 aromatic rings. The smallest absolute Gasteiger partial charge is 0.291 e. The van der Waals surface area contributed by atoms with Crippen molar-refractivity contribution in [3.8, 4) is 0 Å². The number of carbonyl (C=O) groups excluding carboxylic acids is 1. The minimum atomic E-state index is -0.0965. The number of nitrogens with one attached hydrogen (secondary N) is 1. The Labute approximate surface area is 99.0 Å². The number of fused-ring (bicyclic) bond motifs is 1. The highest BCUT2D eigenvalue weighted by Gasteiger charge is 2.33. The van der Waals surface area contributed by atoms with Crippen molar-refractivity contribution >= 4 is 11.9 Å². The number of nitrogens with two attached hydrogens (primary N) is 1. The van der Waals surface area contributed by atoms with Crippen molar-refractivity contribution in [3.63, 3.8) is 0 Å². The number of amides is 1. The maximum absolute atomic E-state index is 12.1. The number of hydrogen-bond donors (Lipinski definition) is 2. The van der Waals surface area contributed by atoms with E-state index in [1.165, 1.54) is 19.4 Å². The summed E-state index contributed by atoms with van der Waals surface area (Å²) in [5.74, 6) is 0.266. The van der Waals surface area contributed by atoms with Gasteiger partial charge in [-0.2, -0.15) is 4.98 Å². The van der Waals surface area contributed by atoms with Gasteiger partial charge in [-0.25, -0.2) is 0 Å². The predicted molar refractivity (Wildman–Crippen MR) is 61.3 cm³/mol. The van der Waals surface area contributed by atoms with E-state index < -0.39 is 0 Å². The summed E-state index contributed by atoms with van der Waals surface area (Å²) in [6.07, 6.45) is 2.42. The summed E-state index contributed by atoms with van der Waals surface area (Å²) < 4.78 is 0. The summed E-state index contributed by atoms with van der Waals surface area (Å²) >= 11 is 0. The normalized spacial score (nSPS) is 24.9. The van der Waals surface area contributed by atoms with Crippen molar-refractivity contribution in [2.75, 3.05) is 31.9 Å². The van der Waals surface area contributed by atoms with Crippen LogP contribution in [-0.4, -0.2) is 63.1 Å². The molecule has 0 radical (unpaired) electrons. The lowest BCUT2D eigenvalue weighted by molar-refractivity contribution is 0.0560. The average molecular weight is 236 g/mol. The fourth-order valence-electron chi connectivity index (χ4n) is 2.70. The van der Waals surface area contributed by atoms with Gasteiger partial charge >= 0.3 is 0 Å². The molecule has 17 heavy (non-hydrogen) atoms. The Morgan fingerprint density at radius 2 is 2.29 bits per heavy atom. The van der Waals surface area contributed by atoms with Gasteiger partial charge in [-0.1, -0.05) is 0 Å². The van der Waals surface area contributed by atoms with Gasteiger partial charge in [-0.15, -0.1) is 5.10 Å². The number of hydrogen-bond acceptors (Lipinski definition) is 5. The number of nitrogen functional groups attached to an aromatic ring is 1. The zero-order chi connectivity index (χ0) is 11.8. The molecule has 3 rings (SSSR count). The number of nitrogens with zero attached hydrogens (tertiary/aromatic N) is 4. The monoisotopic (exact) mass is 236 g/mol. The fraction of sp³-hybridized carbons (Fsp3) is 0.700. The van der Waals surface area contributed by atoms with E-state index in [0.717, 1.165) is 19.6 Å². The molecule has 1 aromatic heterocycles. The van der Waals surface area contributed by atoms with E-state index in [0.29, 0.717) is 6.04 Å². The molecule has 2 fully saturated rings. The molecule has 0 aromatic carbocycles. The maximum Gasteiger partial charge on any atom is 0.291 e. The van der Waals surface area contributed by atoms with Crippen LogP contribution < -0.4 is 5.73 Å². The first kappa shape index (κ1) is 10.5. The molecule has 7 heteroatoms. The Hall–Kier alpha value is -1.63. The van der Waals surface area contributed by atoms with Gasteiger partial charge in [0.05, 0.1) is 0 Å². The van der Waals surface area contributed by atoms with Crippen molar-refractivity contribution in [1.29, 1.82) is 0 Å².